The van der Waals surface area contributed by atoms with Gasteiger partial charge in [-0.1, -0.05) is 34.7 Å². The maximum absolute atomic E-state index is 12.0. The Bertz CT molecular complexity index is 691. The van der Waals surface area contributed by atoms with Crippen LogP contribution in [0.25, 0.3) is 0 Å². The summed E-state index contributed by atoms with van der Waals surface area (Å²) in [7, 11) is 0. The third kappa shape index (κ3) is 6.12. The predicted molar refractivity (Wildman–Crippen MR) is 102 cm³/mol. The number of carbonyl (C=O) groups is 1. The largest absolute Gasteiger partial charge is 0.379 e. The van der Waals surface area contributed by atoms with Crippen LogP contribution in [-0.2, 0) is 4.74 Å². The Morgan fingerprint density at radius 1 is 1.24 bits per heavy atom. The number of ether oxygens (including phenoxy) is 1. The number of aromatic nitrogens is 2. The van der Waals surface area contributed by atoms with Gasteiger partial charge in [0.1, 0.15) is 0 Å². The molecule has 10 heteroatoms. The van der Waals surface area contributed by atoms with Crippen molar-refractivity contribution in [3.8, 4) is 0 Å². The summed E-state index contributed by atoms with van der Waals surface area (Å²) in [6.07, 6.45) is 0. The van der Waals surface area contributed by atoms with Crippen LogP contribution in [0.3, 0.4) is 0 Å². The van der Waals surface area contributed by atoms with Gasteiger partial charge in [-0.15, -0.1) is 10.2 Å². The molecule has 134 valence electrons. The molecule has 0 atom stereocenters. The number of benzene rings is 1. The monoisotopic (exact) mass is 399 g/mol. The van der Waals surface area contributed by atoms with Gasteiger partial charge in [0.25, 0.3) is 0 Å². The Morgan fingerprint density at radius 3 is 2.76 bits per heavy atom. The number of urea groups is 1. The van der Waals surface area contributed by atoms with Gasteiger partial charge in [0.15, 0.2) is 4.34 Å². The molecule has 2 heterocycles. The fraction of sp³-hybridized carbons (Fsp3) is 0.400. The molecule has 25 heavy (non-hydrogen) atoms. The van der Waals surface area contributed by atoms with Crippen molar-refractivity contribution in [1.29, 1.82) is 0 Å². The highest BCUT2D eigenvalue weighted by Gasteiger charge is 2.12. The summed E-state index contributed by atoms with van der Waals surface area (Å²) >= 11 is 8.82. The third-order valence-corrected chi connectivity index (χ3v) is 5.67. The van der Waals surface area contributed by atoms with Crippen molar-refractivity contribution >= 4 is 51.5 Å². The van der Waals surface area contributed by atoms with Crippen molar-refractivity contribution in [2.45, 2.75) is 4.34 Å². The van der Waals surface area contributed by atoms with E-state index in [0.29, 0.717) is 15.8 Å². The van der Waals surface area contributed by atoms with Gasteiger partial charge in [-0.2, -0.15) is 0 Å². The van der Waals surface area contributed by atoms with Crippen LogP contribution < -0.4 is 10.6 Å². The van der Waals surface area contributed by atoms with Gasteiger partial charge in [0, 0.05) is 36.1 Å². The summed E-state index contributed by atoms with van der Waals surface area (Å²) in [6, 6.07) is 6.53. The minimum Gasteiger partial charge on any atom is -0.379 e. The number of rotatable bonds is 6. The zero-order valence-corrected chi connectivity index (χ0v) is 15.8. The third-order valence-electron chi connectivity index (χ3n) is 3.47. The zero-order chi connectivity index (χ0) is 17.5. The van der Waals surface area contributed by atoms with Gasteiger partial charge in [0.2, 0.25) is 5.13 Å². The van der Waals surface area contributed by atoms with E-state index in [2.05, 4.69) is 25.7 Å². The predicted octanol–water partition coefficient (Wildman–Crippen LogP) is 3.26. The summed E-state index contributed by atoms with van der Waals surface area (Å²) in [4.78, 5) is 14.3. The summed E-state index contributed by atoms with van der Waals surface area (Å²) < 4.78 is 6.17. The molecular weight excluding hydrogens is 382 g/mol. The fourth-order valence-corrected chi connectivity index (χ4v) is 4.14. The van der Waals surface area contributed by atoms with Crippen LogP contribution >= 0.6 is 34.7 Å². The SMILES string of the molecule is O=C(Nc1ccc(Cl)cc1)Nc1nnc(SCCN2CCOCC2)s1. The molecule has 0 unspecified atom stereocenters. The highest BCUT2D eigenvalue weighted by molar-refractivity contribution is 8.01. The lowest BCUT2D eigenvalue weighted by atomic mass is 10.3. The highest BCUT2D eigenvalue weighted by atomic mass is 35.5. The number of anilines is 2. The van der Waals surface area contributed by atoms with Crippen LogP contribution in [0, 0.1) is 0 Å². The maximum Gasteiger partial charge on any atom is 0.325 e. The zero-order valence-electron chi connectivity index (χ0n) is 13.4. The molecule has 0 saturated carbocycles. The standard InChI is InChI=1S/C15H18ClN5O2S2/c16-11-1-3-12(4-2-11)17-13(22)18-14-19-20-15(25-14)24-10-7-21-5-8-23-9-6-21/h1-4H,5-10H2,(H2,17,18,19,22). The number of nitrogens with zero attached hydrogens (tertiary/aromatic N) is 3. The smallest absolute Gasteiger partial charge is 0.325 e. The number of halogens is 1. The van der Waals surface area contributed by atoms with Gasteiger partial charge in [-0.3, -0.25) is 10.2 Å². The molecule has 2 amide bonds. The molecule has 2 N–H and O–H groups in total. The molecule has 1 aliphatic heterocycles. The lowest BCUT2D eigenvalue weighted by molar-refractivity contribution is 0.0410. The minimum absolute atomic E-state index is 0.358. The van der Waals surface area contributed by atoms with Gasteiger partial charge < -0.3 is 10.1 Å². The molecule has 0 bridgehead atoms. The van der Waals surface area contributed by atoms with Crippen LogP contribution in [0.1, 0.15) is 0 Å². The van der Waals surface area contributed by atoms with E-state index in [0.717, 1.165) is 42.9 Å². The first-order valence-corrected chi connectivity index (χ1v) is 9.97. The lowest BCUT2D eigenvalue weighted by Crippen LogP contribution is -2.37. The summed E-state index contributed by atoms with van der Waals surface area (Å²) in [6.45, 7) is 4.57. The van der Waals surface area contributed by atoms with Crippen molar-refractivity contribution in [1.82, 2.24) is 15.1 Å². The fourth-order valence-electron chi connectivity index (χ4n) is 2.20. The van der Waals surface area contributed by atoms with Crippen molar-refractivity contribution in [3.63, 3.8) is 0 Å². The maximum atomic E-state index is 12.0. The molecule has 3 rings (SSSR count). The van der Waals surface area contributed by atoms with Crippen LogP contribution in [0.5, 0.6) is 0 Å². The number of amides is 2. The van der Waals surface area contributed by atoms with Crippen molar-refractivity contribution < 1.29 is 9.53 Å². The number of nitrogens with one attached hydrogen (secondary N) is 2. The van der Waals surface area contributed by atoms with Crippen LogP contribution in [0.15, 0.2) is 28.6 Å². The Labute approximate surface area is 159 Å². The molecule has 1 saturated heterocycles. The second-order valence-corrected chi connectivity index (χ2v) is 8.02. The Balaban J connectivity index is 1.41. The average Bonchev–Trinajstić information content (AvgIpc) is 3.05. The molecule has 2 aromatic rings. The Hall–Kier alpha value is -1.39. The highest BCUT2D eigenvalue weighted by Crippen LogP contribution is 2.25. The van der Waals surface area contributed by atoms with Crippen molar-refractivity contribution in [2.24, 2.45) is 0 Å². The van der Waals surface area contributed by atoms with E-state index in [9.17, 15) is 4.79 Å². The lowest BCUT2D eigenvalue weighted by Gasteiger charge is -2.25. The second-order valence-electron chi connectivity index (χ2n) is 5.26. The number of carbonyl (C=O) groups excluding carboxylic acids is 1. The van der Waals surface area contributed by atoms with Crippen molar-refractivity contribution in [2.75, 3.05) is 49.2 Å². The number of morpholine rings is 1. The van der Waals surface area contributed by atoms with E-state index < -0.39 is 0 Å². The van der Waals surface area contributed by atoms with Crippen molar-refractivity contribution in [3.05, 3.63) is 29.3 Å². The molecule has 0 spiro atoms. The quantitative estimate of drug-likeness (QED) is 0.573. The normalized spacial score (nSPS) is 15.1. The Kier molecular flexibility index (Phi) is 6.88. The van der Waals surface area contributed by atoms with E-state index in [4.69, 9.17) is 16.3 Å². The van der Waals surface area contributed by atoms with Crippen LogP contribution in [0.2, 0.25) is 5.02 Å². The number of hydrogen-bond donors (Lipinski definition) is 2. The van der Waals surface area contributed by atoms with Gasteiger partial charge in [-0.05, 0) is 24.3 Å². The Morgan fingerprint density at radius 2 is 2.00 bits per heavy atom. The molecular formula is C15H18ClN5O2S2. The second kappa shape index (κ2) is 9.35. The van der Waals surface area contributed by atoms with Gasteiger partial charge in [-0.25, -0.2) is 4.79 Å². The molecule has 0 aliphatic carbocycles. The first kappa shape index (κ1) is 18.4. The topological polar surface area (TPSA) is 79.4 Å². The van der Waals surface area contributed by atoms with E-state index in [1.165, 1.54) is 11.3 Å². The number of thioether (sulfide) groups is 1. The first-order chi connectivity index (χ1) is 12.2. The van der Waals surface area contributed by atoms with Gasteiger partial charge >= 0.3 is 6.03 Å². The molecule has 1 aromatic carbocycles. The summed E-state index contributed by atoms with van der Waals surface area (Å²) in [5, 5.41) is 14.6. The van der Waals surface area contributed by atoms with E-state index >= 15 is 0 Å². The van der Waals surface area contributed by atoms with Crippen LogP contribution in [-0.4, -0.2) is 59.7 Å². The summed E-state index contributed by atoms with van der Waals surface area (Å²) in [5.74, 6) is 0.936. The summed E-state index contributed by atoms with van der Waals surface area (Å²) in [5.41, 5.74) is 0.659. The van der Waals surface area contributed by atoms with Gasteiger partial charge in [0.05, 0.1) is 13.2 Å². The molecule has 1 aromatic heterocycles. The number of hydrogen-bond acceptors (Lipinski definition) is 7. The van der Waals surface area contributed by atoms with Crippen LogP contribution in [0.4, 0.5) is 15.6 Å². The molecule has 1 aliphatic rings. The van der Waals surface area contributed by atoms with E-state index in [1.807, 2.05) is 0 Å². The molecule has 7 nitrogen and oxygen atoms in total. The van der Waals surface area contributed by atoms with E-state index in [1.54, 1.807) is 36.0 Å². The minimum atomic E-state index is -0.358. The molecule has 0 radical (unpaired) electrons. The average molecular weight is 400 g/mol. The first-order valence-electron chi connectivity index (χ1n) is 7.79. The molecule has 1 fully saturated rings. The van der Waals surface area contributed by atoms with E-state index in [-0.39, 0.29) is 6.03 Å².